The average Bonchev–Trinajstić information content (AvgIpc) is 3.33. The molecule has 11 heteroatoms. The van der Waals surface area contributed by atoms with Crippen LogP contribution in [0.1, 0.15) is 12.6 Å². The predicted molar refractivity (Wildman–Crippen MR) is 129 cm³/mol. The van der Waals surface area contributed by atoms with Gasteiger partial charge < -0.3 is 15.4 Å². The summed E-state index contributed by atoms with van der Waals surface area (Å²) in [6.07, 6.45) is 0.0637. The maximum absolute atomic E-state index is 12.4. The first-order chi connectivity index (χ1) is 15.5. The van der Waals surface area contributed by atoms with Crippen LogP contribution in [0.15, 0.2) is 47.8 Å². The van der Waals surface area contributed by atoms with Gasteiger partial charge in [-0.25, -0.2) is 14.8 Å². The minimum absolute atomic E-state index is 0.0637. The Morgan fingerprint density at radius 2 is 1.94 bits per heavy atom. The number of nitrogens with one attached hydrogen (secondary N) is 3. The summed E-state index contributed by atoms with van der Waals surface area (Å²) in [7, 11) is 0. The molecule has 0 fully saturated rings. The molecule has 0 atom stereocenters. The normalized spacial score (nSPS) is 10.7. The van der Waals surface area contributed by atoms with Crippen molar-refractivity contribution >= 4 is 72.4 Å². The second-order valence-electron chi connectivity index (χ2n) is 6.54. The fourth-order valence-corrected chi connectivity index (χ4v) is 4.62. The number of carbonyl (C=O) groups is 2. The number of halogens is 1. The van der Waals surface area contributed by atoms with Gasteiger partial charge in [0.25, 0.3) is 0 Å². The molecule has 8 nitrogen and oxygen atoms in total. The molecule has 3 N–H and O–H groups in total. The third-order valence-electron chi connectivity index (χ3n) is 4.11. The molecule has 0 unspecified atom stereocenters. The maximum atomic E-state index is 12.4. The van der Waals surface area contributed by atoms with Crippen LogP contribution in [0.4, 0.5) is 20.7 Å². The van der Waals surface area contributed by atoms with Crippen LogP contribution < -0.4 is 20.7 Å². The first-order valence-electron chi connectivity index (χ1n) is 9.59. The quantitative estimate of drug-likeness (QED) is 0.313. The molecule has 2 heterocycles. The van der Waals surface area contributed by atoms with Crippen LogP contribution in [-0.2, 0) is 11.2 Å². The molecule has 0 aliphatic carbocycles. The molecule has 0 spiro atoms. The second-order valence-corrected chi connectivity index (χ2v) is 8.87. The average molecular weight is 488 g/mol. The molecule has 4 rings (SSSR count). The molecule has 2 aromatic carbocycles. The number of anilines is 3. The number of amides is 3. The number of hydrogen-bond acceptors (Lipinski definition) is 7. The summed E-state index contributed by atoms with van der Waals surface area (Å²) < 4.78 is 6.42. The van der Waals surface area contributed by atoms with Crippen molar-refractivity contribution in [3.63, 3.8) is 0 Å². The lowest BCUT2D eigenvalue weighted by atomic mass is 10.3. The highest BCUT2D eigenvalue weighted by Gasteiger charge is 2.13. The highest BCUT2D eigenvalue weighted by Crippen LogP contribution is 2.29. The number of ether oxygens (including phenoxy) is 1. The van der Waals surface area contributed by atoms with Gasteiger partial charge in [-0.05, 0) is 43.3 Å². The van der Waals surface area contributed by atoms with Gasteiger partial charge in [0.2, 0.25) is 5.91 Å². The number of thiazole rings is 2. The van der Waals surface area contributed by atoms with Crippen molar-refractivity contribution in [3.05, 3.63) is 58.6 Å². The first kappa shape index (κ1) is 22.0. The maximum Gasteiger partial charge on any atom is 0.325 e. The van der Waals surface area contributed by atoms with Gasteiger partial charge in [0.05, 0.1) is 28.9 Å². The summed E-state index contributed by atoms with van der Waals surface area (Å²) >= 11 is 8.52. The molecule has 2 aromatic heterocycles. The molecular weight excluding hydrogens is 470 g/mol. The minimum atomic E-state index is -0.446. The van der Waals surface area contributed by atoms with Crippen molar-refractivity contribution in [2.45, 2.75) is 13.3 Å². The molecule has 0 radical (unpaired) electrons. The number of carbonyl (C=O) groups excluding carboxylic acids is 2. The number of fused-ring (bicyclic) bond motifs is 1. The van der Waals surface area contributed by atoms with Crippen molar-refractivity contribution in [1.82, 2.24) is 9.97 Å². The Morgan fingerprint density at radius 1 is 1.06 bits per heavy atom. The van der Waals surface area contributed by atoms with Crippen molar-refractivity contribution in [1.29, 1.82) is 0 Å². The topological polar surface area (TPSA) is 105 Å². The highest BCUT2D eigenvalue weighted by atomic mass is 35.5. The number of urea groups is 1. The minimum Gasteiger partial charge on any atom is -0.494 e. The van der Waals surface area contributed by atoms with E-state index in [2.05, 4.69) is 25.9 Å². The van der Waals surface area contributed by atoms with E-state index in [1.807, 2.05) is 25.1 Å². The Bertz CT molecular complexity index is 1270. The summed E-state index contributed by atoms with van der Waals surface area (Å²) in [4.78, 5) is 33.3. The SMILES string of the molecule is CCOc1ccc2nc(NC(=O)Cc3csc(NC(=O)Nc4cccc(Cl)c4)n3)sc2c1. The van der Waals surface area contributed by atoms with Gasteiger partial charge in [0.15, 0.2) is 10.3 Å². The summed E-state index contributed by atoms with van der Waals surface area (Å²) in [5.74, 6) is 0.526. The van der Waals surface area contributed by atoms with Crippen LogP contribution in [-0.4, -0.2) is 28.5 Å². The van der Waals surface area contributed by atoms with E-state index in [1.54, 1.807) is 29.6 Å². The van der Waals surface area contributed by atoms with E-state index in [4.69, 9.17) is 16.3 Å². The van der Waals surface area contributed by atoms with E-state index < -0.39 is 6.03 Å². The van der Waals surface area contributed by atoms with E-state index in [0.717, 1.165) is 16.0 Å². The monoisotopic (exact) mass is 487 g/mol. The first-order valence-corrected chi connectivity index (χ1v) is 11.7. The van der Waals surface area contributed by atoms with E-state index in [1.165, 1.54) is 22.7 Å². The molecule has 32 heavy (non-hydrogen) atoms. The highest BCUT2D eigenvalue weighted by molar-refractivity contribution is 7.22. The second kappa shape index (κ2) is 9.94. The molecule has 4 aromatic rings. The van der Waals surface area contributed by atoms with Crippen LogP contribution in [0.25, 0.3) is 10.2 Å². The van der Waals surface area contributed by atoms with Gasteiger partial charge in [-0.3, -0.25) is 10.1 Å². The zero-order chi connectivity index (χ0) is 22.5. The molecule has 164 valence electrons. The van der Waals surface area contributed by atoms with E-state index in [-0.39, 0.29) is 12.3 Å². The van der Waals surface area contributed by atoms with Crippen LogP contribution in [0.2, 0.25) is 5.02 Å². The van der Waals surface area contributed by atoms with Gasteiger partial charge in [-0.2, -0.15) is 0 Å². The van der Waals surface area contributed by atoms with Gasteiger partial charge in [0, 0.05) is 16.1 Å². The van der Waals surface area contributed by atoms with Crippen molar-refractivity contribution in [2.75, 3.05) is 22.6 Å². The number of rotatable bonds is 7. The Balaban J connectivity index is 1.32. The van der Waals surface area contributed by atoms with E-state index in [9.17, 15) is 9.59 Å². The van der Waals surface area contributed by atoms with E-state index in [0.29, 0.717) is 33.3 Å². The van der Waals surface area contributed by atoms with Gasteiger partial charge >= 0.3 is 6.03 Å². The molecular formula is C21H18ClN5O3S2. The summed E-state index contributed by atoms with van der Waals surface area (Å²) in [5, 5.41) is 11.3. The van der Waals surface area contributed by atoms with Crippen molar-refractivity contribution in [3.8, 4) is 5.75 Å². The third kappa shape index (κ3) is 5.72. The lowest BCUT2D eigenvalue weighted by Gasteiger charge is -2.05. The van der Waals surface area contributed by atoms with E-state index >= 15 is 0 Å². The number of nitrogens with zero attached hydrogens (tertiary/aromatic N) is 2. The fourth-order valence-electron chi connectivity index (χ4n) is 2.81. The van der Waals surface area contributed by atoms with Crippen LogP contribution >= 0.6 is 34.3 Å². The lowest BCUT2D eigenvalue weighted by Crippen LogP contribution is -2.19. The molecule has 3 amide bonds. The number of aromatic nitrogens is 2. The molecule has 0 saturated carbocycles. The van der Waals surface area contributed by atoms with Gasteiger partial charge in [-0.15, -0.1) is 11.3 Å². The molecule has 0 aliphatic heterocycles. The third-order valence-corrected chi connectivity index (χ3v) is 6.09. The molecule has 0 saturated heterocycles. The zero-order valence-corrected chi connectivity index (χ0v) is 19.2. The van der Waals surface area contributed by atoms with Gasteiger partial charge in [0.1, 0.15) is 5.75 Å². The number of benzene rings is 2. The van der Waals surface area contributed by atoms with Crippen molar-refractivity contribution in [2.24, 2.45) is 0 Å². The smallest absolute Gasteiger partial charge is 0.325 e. The largest absolute Gasteiger partial charge is 0.494 e. The Kier molecular flexibility index (Phi) is 6.84. The summed E-state index contributed by atoms with van der Waals surface area (Å²) in [6.45, 7) is 2.51. The van der Waals surface area contributed by atoms with Crippen LogP contribution in [0, 0.1) is 0 Å². The van der Waals surface area contributed by atoms with Crippen molar-refractivity contribution < 1.29 is 14.3 Å². The summed E-state index contributed by atoms with van der Waals surface area (Å²) in [5.41, 5.74) is 1.90. The van der Waals surface area contributed by atoms with Crippen LogP contribution in [0.3, 0.4) is 0 Å². The Morgan fingerprint density at radius 3 is 2.75 bits per heavy atom. The predicted octanol–water partition coefficient (Wildman–Crippen LogP) is 5.63. The summed E-state index contributed by atoms with van der Waals surface area (Å²) in [6, 6.07) is 12.0. The Hall–Kier alpha value is -3.21. The standard InChI is InChI=1S/C21H18ClN5O3S2/c1-2-30-15-6-7-16-17(10-15)32-21(25-16)26-18(28)9-14-11-31-20(24-14)27-19(29)23-13-5-3-4-12(22)8-13/h3-8,10-11H,2,9H2,1H3,(H,25,26,28)(H2,23,24,27,29). The van der Waals surface area contributed by atoms with Crippen LogP contribution in [0.5, 0.6) is 5.75 Å². The lowest BCUT2D eigenvalue weighted by molar-refractivity contribution is -0.115. The molecule has 0 aliphatic rings. The fraction of sp³-hybridized carbons (Fsp3) is 0.143. The Labute approximate surface area is 196 Å². The molecule has 0 bridgehead atoms. The number of hydrogen-bond donors (Lipinski definition) is 3. The zero-order valence-electron chi connectivity index (χ0n) is 16.8. The van der Waals surface area contributed by atoms with Gasteiger partial charge in [-0.1, -0.05) is 29.0 Å².